The van der Waals surface area contributed by atoms with E-state index in [1.54, 1.807) is 6.08 Å². The molecule has 1 amide bonds. The monoisotopic (exact) mass is 347 g/mol. The summed E-state index contributed by atoms with van der Waals surface area (Å²) in [6, 6.07) is 19.5. The van der Waals surface area contributed by atoms with Crippen molar-refractivity contribution in [3.63, 3.8) is 0 Å². The fraction of sp³-hybridized carbons (Fsp3) is 0.238. The van der Waals surface area contributed by atoms with Crippen LogP contribution in [0.2, 0.25) is 0 Å². The third-order valence-electron chi connectivity index (χ3n) is 4.24. The van der Waals surface area contributed by atoms with Gasteiger partial charge in [-0.2, -0.15) is 5.26 Å². The smallest absolute Gasteiger partial charge is 0.262 e. The third kappa shape index (κ3) is 4.71. The number of nitriles is 1. The van der Waals surface area contributed by atoms with Crippen molar-refractivity contribution in [2.75, 3.05) is 31.2 Å². The molecule has 3 rings (SSSR count). The number of morpholine rings is 1. The van der Waals surface area contributed by atoms with E-state index in [1.165, 1.54) is 0 Å². The van der Waals surface area contributed by atoms with Crippen LogP contribution in [0.3, 0.4) is 0 Å². The van der Waals surface area contributed by atoms with Gasteiger partial charge in [-0.1, -0.05) is 42.5 Å². The maximum atomic E-state index is 12.2. The van der Waals surface area contributed by atoms with Gasteiger partial charge in [0.2, 0.25) is 0 Å². The fourth-order valence-corrected chi connectivity index (χ4v) is 2.79. The first-order valence-corrected chi connectivity index (χ1v) is 8.63. The number of nitrogens with one attached hydrogen (secondary N) is 1. The van der Waals surface area contributed by atoms with E-state index in [-0.39, 0.29) is 11.5 Å². The molecule has 1 heterocycles. The predicted octanol–water partition coefficient (Wildman–Crippen LogP) is 2.75. The number of hydrogen-bond acceptors (Lipinski definition) is 4. The van der Waals surface area contributed by atoms with Gasteiger partial charge in [0.1, 0.15) is 11.6 Å². The Bertz CT molecular complexity index is 801. The van der Waals surface area contributed by atoms with E-state index < -0.39 is 0 Å². The molecular formula is C21H21N3O2. The van der Waals surface area contributed by atoms with Gasteiger partial charge in [0.15, 0.2) is 0 Å². The normalized spacial score (nSPS) is 14.6. The number of benzene rings is 2. The Morgan fingerprint density at radius 3 is 2.46 bits per heavy atom. The van der Waals surface area contributed by atoms with Gasteiger partial charge in [0.25, 0.3) is 5.91 Å². The lowest BCUT2D eigenvalue weighted by molar-refractivity contribution is -0.117. The summed E-state index contributed by atoms with van der Waals surface area (Å²) in [7, 11) is 0. The molecule has 1 aliphatic heterocycles. The van der Waals surface area contributed by atoms with Gasteiger partial charge in [0.05, 0.1) is 13.2 Å². The summed E-state index contributed by atoms with van der Waals surface area (Å²) in [5.41, 5.74) is 3.04. The van der Waals surface area contributed by atoms with Crippen LogP contribution in [-0.2, 0) is 16.1 Å². The summed E-state index contributed by atoms with van der Waals surface area (Å²) >= 11 is 0. The van der Waals surface area contributed by atoms with Crippen LogP contribution < -0.4 is 10.2 Å². The van der Waals surface area contributed by atoms with Crippen LogP contribution >= 0.6 is 0 Å². The zero-order valence-electron chi connectivity index (χ0n) is 14.5. The SMILES string of the molecule is N#C/C(=C/c1ccc(N2CCOCC2)cc1)C(=O)NCc1ccccc1. The predicted molar refractivity (Wildman–Crippen MR) is 101 cm³/mol. The second-order valence-electron chi connectivity index (χ2n) is 6.03. The van der Waals surface area contributed by atoms with Gasteiger partial charge < -0.3 is 15.0 Å². The number of carbonyl (C=O) groups excluding carboxylic acids is 1. The second-order valence-corrected chi connectivity index (χ2v) is 6.03. The molecule has 1 aliphatic rings. The standard InChI is InChI=1S/C21H21N3O2/c22-15-19(21(25)23-16-18-4-2-1-3-5-18)14-17-6-8-20(9-7-17)24-10-12-26-13-11-24/h1-9,14H,10-13,16H2,(H,23,25)/b19-14-. The molecule has 0 aromatic heterocycles. The highest BCUT2D eigenvalue weighted by Crippen LogP contribution is 2.18. The van der Waals surface area contributed by atoms with Crippen LogP contribution in [0.4, 0.5) is 5.69 Å². The number of amides is 1. The number of carbonyl (C=O) groups is 1. The number of rotatable bonds is 5. The van der Waals surface area contributed by atoms with E-state index in [1.807, 2.05) is 60.7 Å². The van der Waals surface area contributed by atoms with E-state index >= 15 is 0 Å². The molecule has 0 spiro atoms. The summed E-state index contributed by atoms with van der Waals surface area (Å²) in [6.45, 7) is 3.62. The Labute approximate surface area is 153 Å². The second kappa shape index (κ2) is 8.84. The quantitative estimate of drug-likeness (QED) is 0.667. The maximum absolute atomic E-state index is 12.2. The van der Waals surface area contributed by atoms with Gasteiger partial charge in [-0.05, 0) is 29.3 Å². The summed E-state index contributed by atoms with van der Waals surface area (Å²) in [6.07, 6.45) is 1.61. The third-order valence-corrected chi connectivity index (χ3v) is 4.24. The van der Waals surface area contributed by atoms with Gasteiger partial charge in [0, 0.05) is 25.3 Å². The Morgan fingerprint density at radius 2 is 1.81 bits per heavy atom. The lowest BCUT2D eigenvalue weighted by Crippen LogP contribution is -2.36. The van der Waals surface area contributed by atoms with Crippen molar-refractivity contribution in [3.8, 4) is 6.07 Å². The molecule has 1 saturated heterocycles. The topological polar surface area (TPSA) is 65.4 Å². The first-order valence-electron chi connectivity index (χ1n) is 8.63. The molecule has 26 heavy (non-hydrogen) atoms. The van der Waals surface area contributed by atoms with Crippen molar-refractivity contribution in [2.24, 2.45) is 0 Å². The van der Waals surface area contributed by atoms with Gasteiger partial charge in [-0.3, -0.25) is 4.79 Å². The molecular weight excluding hydrogens is 326 g/mol. The van der Waals surface area contributed by atoms with Crippen LogP contribution in [0.1, 0.15) is 11.1 Å². The molecule has 1 fully saturated rings. The van der Waals surface area contributed by atoms with Crippen molar-refractivity contribution in [1.82, 2.24) is 5.32 Å². The van der Waals surface area contributed by atoms with E-state index in [9.17, 15) is 10.1 Å². The van der Waals surface area contributed by atoms with Crippen molar-refractivity contribution in [1.29, 1.82) is 5.26 Å². The van der Waals surface area contributed by atoms with Crippen LogP contribution in [0.25, 0.3) is 6.08 Å². The van der Waals surface area contributed by atoms with Crippen LogP contribution in [0.5, 0.6) is 0 Å². The van der Waals surface area contributed by atoms with Crippen molar-refractivity contribution in [2.45, 2.75) is 6.54 Å². The average molecular weight is 347 g/mol. The van der Waals surface area contributed by atoms with E-state index in [4.69, 9.17) is 4.74 Å². The molecule has 0 radical (unpaired) electrons. The van der Waals surface area contributed by atoms with Crippen molar-refractivity contribution < 1.29 is 9.53 Å². The lowest BCUT2D eigenvalue weighted by atomic mass is 10.1. The number of ether oxygens (including phenoxy) is 1. The molecule has 5 nitrogen and oxygen atoms in total. The number of hydrogen-bond donors (Lipinski definition) is 1. The summed E-state index contributed by atoms with van der Waals surface area (Å²) in [5, 5.41) is 12.1. The zero-order chi connectivity index (χ0) is 18.2. The van der Waals surface area contributed by atoms with E-state index in [2.05, 4.69) is 10.2 Å². The van der Waals surface area contributed by atoms with Crippen LogP contribution in [-0.4, -0.2) is 32.2 Å². The maximum Gasteiger partial charge on any atom is 0.262 e. The molecule has 2 aromatic rings. The van der Waals surface area contributed by atoms with E-state index in [0.29, 0.717) is 6.54 Å². The minimum atomic E-state index is -0.367. The zero-order valence-corrected chi connectivity index (χ0v) is 14.5. The molecule has 0 unspecified atom stereocenters. The molecule has 2 aromatic carbocycles. The van der Waals surface area contributed by atoms with Gasteiger partial charge in [-0.25, -0.2) is 0 Å². The summed E-state index contributed by atoms with van der Waals surface area (Å²) < 4.78 is 5.36. The molecule has 0 bridgehead atoms. The molecule has 0 saturated carbocycles. The van der Waals surface area contributed by atoms with Crippen LogP contribution in [0, 0.1) is 11.3 Å². The average Bonchev–Trinajstić information content (AvgIpc) is 2.72. The molecule has 1 N–H and O–H groups in total. The highest BCUT2D eigenvalue weighted by molar-refractivity contribution is 6.01. The summed E-state index contributed by atoms with van der Waals surface area (Å²) in [5.74, 6) is -0.367. The number of anilines is 1. The first kappa shape index (κ1) is 17.7. The molecule has 0 atom stereocenters. The minimum absolute atomic E-state index is 0.0973. The van der Waals surface area contributed by atoms with Crippen LogP contribution in [0.15, 0.2) is 60.2 Å². The van der Waals surface area contributed by atoms with Gasteiger partial charge >= 0.3 is 0 Å². The number of nitrogens with zero attached hydrogens (tertiary/aromatic N) is 2. The highest BCUT2D eigenvalue weighted by Gasteiger charge is 2.11. The Kier molecular flexibility index (Phi) is 6.02. The molecule has 132 valence electrons. The lowest BCUT2D eigenvalue weighted by Gasteiger charge is -2.28. The van der Waals surface area contributed by atoms with Crippen molar-refractivity contribution >= 4 is 17.7 Å². The first-order chi connectivity index (χ1) is 12.8. The summed E-state index contributed by atoms with van der Waals surface area (Å²) in [4.78, 5) is 14.5. The Hall–Kier alpha value is -3.10. The largest absolute Gasteiger partial charge is 0.378 e. The fourth-order valence-electron chi connectivity index (χ4n) is 2.79. The Balaban J connectivity index is 1.64. The van der Waals surface area contributed by atoms with Gasteiger partial charge in [-0.15, -0.1) is 0 Å². The molecule has 5 heteroatoms. The van der Waals surface area contributed by atoms with E-state index in [0.717, 1.165) is 43.1 Å². The minimum Gasteiger partial charge on any atom is -0.378 e. The molecule has 0 aliphatic carbocycles. The Morgan fingerprint density at radius 1 is 1.12 bits per heavy atom. The van der Waals surface area contributed by atoms with Crippen molar-refractivity contribution in [3.05, 3.63) is 71.3 Å². The highest BCUT2D eigenvalue weighted by atomic mass is 16.5.